The molecule has 2 aliphatic heterocycles. The van der Waals surface area contributed by atoms with Gasteiger partial charge in [-0.1, -0.05) is 12.1 Å². The molecular weight excluding hydrogens is 354 g/mol. The molecule has 2 heterocycles. The van der Waals surface area contributed by atoms with Gasteiger partial charge in [-0.05, 0) is 56.7 Å². The molecule has 0 radical (unpaired) electrons. The smallest absolute Gasteiger partial charge is 0.254 e. The molecule has 2 amide bonds. The van der Waals surface area contributed by atoms with Crippen LogP contribution in [0.4, 0.5) is 0 Å². The second kappa shape index (κ2) is 7.48. The molecule has 2 spiro atoms. The molecule has 4 rings (SSSR count). The lowest BCUT2D eigenvalue weighted by atomic mass is 9.87. The van der Waals surface area contributed by atoms with Crippen LogP contribution in [0.25, 0.3) is 0 Å². The standard InChI is InChI=1S/C22H31N3O3/c1-3-25-16-21(28-22(9-10-22)20(25)27)11-14-24(15-12-21)13-8-17-4-6-18(7-5-17)19(26)23-2/h4-7H,3,8-16H2,1-2H3,(H,23,26). The van der Waals surface area contributed by atoms with Crippen molar-refractivity contribution in [3.05, 3.63) is 35.4 Å². The number of likely N-dealkylation sites (tertiary alicyclic amines) is 1. The molecule has 3 aliphatic rings. The summed E-state index contributed by atoms with van der Waals surface area (Å²) in [5.74, 6) is 0.164. The van der Waals surface area contributed by atoms with Crippen LogP contribution in [-0.4, -0.2) is 72.6 Å². The van der Waals surface area contributed by atoms with Gasteiger partial charge in [0, 0.05) is 45.3 Å². The quantitative estimate of drug-likeness (QED) is 0.840. The maximum Gasteiger partial charge on any atom is 0.254 e. The van der Waals surface area contributed by atoms with Gasteiger partial charge >= 0.3 is 0 Å². The van der Waals surface area contributed by atoms with Gasteiger partial charge in [-0.25, -0.2) is 0 Å². The monoisotopic (exact) mass is 385 g/mol. The minimum absolute atomic E-state index is 0.0478. The van der Waals surface area contributed by atoms with Crippen LogP contribution in [0.3, 0.4) is 0 Å². The second-order valence-electron chi connectivity index (χ2n) is 8.47. The molecule has 1 saturated carbocycles. The summed E-state index contributed by atoms with van der Waals surface area (Å²) in [5, 5.41) is 2.65. The normalized spacial score (nSPS) is 23.2. The summed E-state index contributed by atoms with van der Waals surface area (Å²) in [7, 11) is 1.65. The highest BCUT2D eigenvalue weighted by Gasteiger charge is 2.61. The molecular formula is C22H31N3O3. The van der Waals surface area contributed by atoms with E-state index in [-0.39, 0.29) is 17.4 Å². The minimum atomic E-state index is -0.483. The van der Waals surface area contributed by atoms with Gasteiger partial charge in [-0.2, -0.15) is 0 Å². The molecule has 152 valence electrons. The van der Waals surface area contributed by atoms with Crippen molar-refractivity contribution in [3.8, 4) is 0 Å². The van der Waals surface area contributed by atoms with Crippen molar-refractivity contribution in [2.75, 3.05) is 39.8 Å². The van der Waals surface area contributed by atoms with Gasteiger partial charge in [0.25, 0.3) is 11.8 Å². The fourth-order valence-electron chi connectivity index (χ4n) is 4.58. The van der Waals surface area contributed by atoms with E-state index < -0.39 is 5.60 Å². The largest absolute Gasteiger partial charge is 0.357 e. The van der Waals surface area contributed by atoms with Gasteiger partial charge in [0.2, 0.25) is 0 Å². The number of ether oxygens (including phenoxy) is 1. The number of hydrogen-bond donors (Lipinski definition) is 1. The summed E-state index contributed by atoms with van der Waals surface area (Å²) in [6.07, 6.45) is 4.74. The van der Waals surface area contributed by atoms with E-state index >= 15 is 0 Å². The molecule has 6 nitrogen and oxygen atoms in total. The number of piperidine rings is 1. The van der Waals surface area contributed by atoms with E-state index in [1.165, 1.54) is 5.56 Å². The Bertz CT molecular complexity index is 734. The van der Waals surface area contributed by atoms with Gasteiger partial charge < -0.3 is 19.9 Å². The van der Waals surface area contributed by atoms with Crippen molar-refractivity contribution < 1.29 is 14.3 Å². The van der Waals surface area contributed by atoms with E-state index in [0.717, 1.165) is 64.8 Å². The highest BCUT2D eigenvalue weighted by Crippen LogP contribution is 2.49. The number of carbonyl (C=O) groups excluding carboxylic acids is 2. The van der Waals surface area contributed by atoms with Crippen LogP contribution >= 0.6 is 0 Å². The first-order valence-corrected chi connectivity index (χ1v) is 10.5. The number of amides is 2. The van der Waals surface area contributed by atoms with Crippen molar-refractivity contribution in [2.45, 2.75) is 50.2 Å². The third-order valence-corrected chi connectivity index (χ3v) is 6.58. The molecule has 0 aromatic heterocycles. The molecule has 28 heavy (non-hydrogen) atoms. The Kier molecular flexibility index (Phi) is 5.19. The first-order chi connectivity index (χ1) is 13.5. The van der Waals surface area contributed by atoms with Crippen molar-refractivity contribution >= 4 is 11.8 Å². The number of nitrogens with zero attached hydrogens (tertiary/aromatic N) is 2. The first kappa shape index (κ1) is 19.4. The van der Waals surface area contributed by atoms with Crippen LogP contribution in [0.1, 0.15) is 48.5 Å². The lowest BCUT2D eigenvalue weighted by molar-refractivity contribution is -0.200. The highest BCUT2D eigenvalue weighted by atomic mass is 16.5. The first-order valence-electron chi connectivity index (χ1n) is 10.5. The zero-order chi connectivity index (χ0) is 19.8. The number of likely N-dealkylation sites (N-methyl/N-ethyl adjacent to an activating group) is 1. The molecule has 0 atom stereocenters. The van der Waals surface area contributed by atoms with E-state index in [0.29, 0.717) is 5.56 Å². The van der Waals surface area contributed by atoms with E-state index in [4.69, 9.17) is 4.74 Å². The topological polar surface area (TPSA) is 61.9 Å². The Hall–Kier alpha value is -1.92. The zero-order valence-electron chi connectivity index (χ0n) is 17.0. The molecule has 2 saturated heterocycles. The number of benzene rings is 1. The van der Waals surface area contributed by atoms with Gasteiger partial charge in [0.15, 0.2) is 0 Å². The second-order valence-corrected chi connectivity index (χ2v) is 8.47. The van der Waals surface area contributed by atoms with Crippen molar-refractivity contribution in [3.63, 3.8) is 0 Å². The van der Waals surface area contributed by atoms with E-state index in [9.17, 15) is 9.59 Å². The van der Waals surface area contributed by atoms with Crippen LogP contribution in [0.5, 0.6) is 0 Å². The van der Waals surface area contributed by atoms with E-state index in [2.05, 4.69) is 17.1 Å². The third kappa shape index (κ3) is 3.67. The third-order valence-electron chi connectivity index (χ3n) is 6.58. The molecule has 0 bridgehead atoms. The van der Waals surface area contributed by atoms with Gasteiger partial charge in [0.1, 0.15) is 5.60 Å². The SMILES string of the molecule is CCN1CC2(CCN(CCc3ccc(C(=O)NC)cc3)CC2)OC2(CC2)C1=O. The summed E-state index contributed by atoms with van der Waals surface area (Å²) < 4.78 is 6.46. The average Bonchev–Trinajstić information content (AvgIpc) is 3.50. The lowest BCUT2D eigenvalue weighted by Gasteiger charge is -2.50. The predicted octanol–water partition coefficient (Wildman–Crippen LogP) is 1.83. The van der Waals surface area contributed by atoms with E-state index in [1.807, 2.05) is 29.2 Å². The van der Waals surface area contributed by atoms with Crippen molar-refractivity contribution in [1.29, 1.82) is 0 Å². The van der Waals surface area contributed by atoms with Crippen molar-refractivity contribution in [2.24, 2.45) is 0 Å². The Morgan fingerprint density at radius 1 is 1.14 bits per heavy atom. The molecule has 6 heteroatoms. The van der Waals surface area contributed by atoms with Gasteiger partial charge in [-0.3, -0.25) is 9.59 Å². The molecule has 1 aromatic carbocycles. The lowest BCUT2D eigenvalue weighted by Crippen LogP contribution is -2.62. The van der Waals surface area contributed by atoms with Crippen LogP contribution in [0, 0.1) is 0 Å². The van der Waals surface area contributed by atoms with Crippen LogP contribution in [0.15, 0.2) is 24.3 Å². The molecule has 3 fully saturated rings. The summed E-state index contributed by atoms with van der Waals surface area (Å²) in [4.78, 5) is 28.7. The molecule has 1 aliphatic carbocycles. The highest BCUT2D eigenvalue weighted by molar-refractivity contribution is 5.93. The average molecular weight is 386 g/mol. The summed E-state index contributed by atoms with van der Waals surface area (Å²) in [5.41, 5.74) is 1.32. The zero-order valence-corrected chi connectivity index (χ0v) is 17.0. The van der Waals surface area contributed by atoms with Crippen LogP contribution < -0.4 is 5.32 Å². The predicted molar refractivity (Wildman–Crippen MR) is 107 cm³/mol. The Morgan fingerprint density at radius 2 is 1.82 bits per heavy atom. The molecule has 1 N–H and O–H groups in total. The molecule has 0 unspecified atom stereocenters. The maximum atomic E-state index is 12.5. The van der Waals surface area contributed by atoms with Crippen LogP contribution in [-0.2, 0) is 16.0 Å². The maximum absolute atomic E-state index is 12.5. The number of carbonyl (C=O) groups is 2. The van der Waals surface area contributed by atoms with Crippen LogP contribution in [0.2, 0.25) is 0 Å². The summed E-state index contributed by atoms with van der Waals surface area (Å²) >= 11 is 0. The summed E-state index contributed by atoms with van der Waals surface area (Å²) in [6, 6.07) is 7.87. The Morgan fingerprint density at radius 3 is 2.39 bits per heavy atom. The number of morpholine rings is 1. The Balaban J connectivity index is 1.30. The summed E-state index contributed by atoms with van der Waals surface area (Å²) in [6.45, 7) is 6.63. The number of nitrogens with one attached hydrogen (secondary N) is 1. The fraction of sp³-hybridized carbons (Fsp3) is 0.636. The minimum Gasteiger partial charge on any atom is -0.357 e. The molecule has 1 aromatic rings. The number of hydrogen-bond acceptors (Lipinski definition) is 4. The number of rotatable bonds is 5. The Labute approximate surface area is 167 Å². The van der Waals surface area contributed by atoms with Gasteiger partial charge in [-0.15, -0.1) is 0 Å². The van der Waals surface area contributed by atoms with E-state index in [1.54, 1.807) is 7.05 Å². The fourth-order valence-corrected chi connectivity index (χ4v) is 4.58. The van der Waals surface area contributed by atoms with Crippen molar-refractivity contribution in [1.82, 2.24) is 15.1 Å². The van der Waals surface area contributed by atoms with Gasteiger partial charge in [0.05, 0.1) is 5.60 Å².